The van der Waals surface area contributed by atoms with E-state index in [0.717, 1.165) is 23.2 Å². The lowest BCUT2D eigenvalue weighted by atomic mass is 9.72. The van der Waals surface area contributed by atoms with E-state index in [1.54, 1.807) is 7.11 Å². The van der Waals surface area contributed by atoms with Crippen LogP contribution in [-0.2, 0) is 4.84 Å². The zero-order valence-electron chi connectivity index (χ0n) is 11.7. The summed E-state index contributed by atoms with van der Waals surface area (Å²) in [5.74, 6) is 1.83. The smallest absolute Gasteiger partial charge is 0.131 e. The normalized spacial score (nSPS) is 29.1. The zero-order chi connectivity index (χ0) is 13.9. The van der Waals surface area contributed by atoms with Gasteiger partial charge in [0, 0.05) is 17.2 Å². The van der Waals surface area contributed by atoms with Crippen molar-refractivity contribution in [2.45, 2.75) is 37.7 Å². The highest BCUT2D eigenvalue weighted by atomic mass is 79.9. The molecule has 0 saturated heterocycles. The molecular weight excluding hydrogens is 318 g/mol. The highest BCUT2D eigenvalue weighted by molar-refractivity contribution is 9.09. The first-order valence-corrected chi connectivity index (χ1v) is 8.38. The number of rotatable bonds is 3. The van der Waals surface area contributed by atoms with Crippen LogP contribution in [0.4, 0.5) is 0 Å². The van der Waals surface area contributed by atoms with Gasteiger partial charge in [0.15, 0.2) is 0 Å². The predicted molar refractivity (Wildman–Crippen MR) is 83.8 cm³/mol. The number of methoxy groups -OCH3 is 1. The number of hydrogen-bond donors (Lipinski definition) is 0. The molecule has 0 spiro atoms. The van der Waals surface area contributed by atoms with Crippen LogP contribution in [-0.4, -0.2) is 24.3 Å². The third kappa shape index (κ3) is 2.58. The van der Waals surface area contributed by atoms with E-state index in [4.69, 9.17) is 9.57 Å². The molecule has 1 aliphatic carbocycles. The summed E-state index contributed by atoms with van der Waals surface area (Å²) in [7, 11) is 1.70. The van der Waals surface area contributed by atoms with Gasteiger partial charge in [0.2, 0.25) is 0 Å². The summed E-state index contributed by atoms with van der Waals surface area (Å²) in [6.45, 7) is 0. The fourth-order valence-electron chi connectivity index (χ4n) is 3.44. The lowest BCUT2D eigenvalue weighted by Gasteiger charge is -2.39. The van der Waals surface area contributed by atoms with Gasteiger partial charge in [0.25, 0.3) is 0 Å². The molecule has 2 aliphatic rings. The first kappa shape index (κ1) is 13.9. The second-order valence-corrected chi connectivity index (χ2v) is 6.12. The molecule has 1 aromatic rings. The van der Waals surface area contributed by atoms with Gasteiger partial charge in [-0.25, -0.2) is 0 Å². The molecule has 0 unspecified atom stereocenters. The molecule has 3 atom stereocenters. The fraction of sp³-hybridized carbons (Fsp3) is 0.562. The molecule has 1 heterocycles. The van der Waals surface area contributed by atoms with Gasteiger partial charge in [-0.2, -0.15) is 0 Å². The van der Waals surface area contributed by atoms with Gasteiger partial charge in [-0.1, -0.05) is 39.6 Å². The van der Waals surface area contributed by atoms with Crippen LogP contribution >= 0.6 is 15.9 Å². The molecule has 1 aromatic carbocycles. The minimum atomic E-state index is 0.290. The van der Waals surface area contributed by atoms with Crippen LogP contribution in [0.5, 0.6) is 5.75 Å². The molecule has 3 rings (SSSR count). The number of halogens is 1. The van der Waals surface area contributed by atoms with Gasteiger partial charge in [-0.05, 0) is 37.0 Å². The number of nitrogens with zero attached hydrogens (tertiary/aromatic N) is 1. The Hall–Kier alpha value is -1.03. The quantitative estimate of drug-likeness (QED) is 0.777. The molecule has 0 bridgehead atoms. The van der Waals surface area contributed by atoms with E-state index in [1.807, 2.05) is 12.1 Å². The van der Waals surface area contributed by atoms with Crippen molar-refractivity contribution < 1.29 is 9.57 Å². The van der Waals surface area contributed by atoms with E-state index in [2.05, 4.69) is 33.2 Å². The maximum atomic E-state index is 5.72. The molecule has 0 radical (unpaired) electrons. The van der Waals surface area contributed by atoms with Gasteiger partial charge < -0.3 is 9.57 Å². The number of oxime groups is 1. The third-order valence-electron chi connectivity index (χ3n) is 4.46. The topological polar surface area (TPSA) is 30.8 Å². The van der Waals surface area contributed by atoms with Crippen molar-refractivity contribution in [1.29, 1.82) is 0 Å². The fourth-order valence-corrected chi connectivity index (χ4v) is 3.89. The van der Waals surface area contributed by atoms with E-state index >= 15 is 0 Å². The number of hydrogen-bond acceptors (Lipinski definition) is 3. The molecule has 0 amide bonds. The Morgan fingerprint density at radius 1 is 1.25 bits per heavy atom. The number of alkyl halides is 1. The molecule has 0 N–H and O–H groups in total. The third-order valence-corrected chi connectivity index (χ3v) is 5.03. The van der Waals surface area contributed by atoms with Crippen LogP contribution < -0.4 is 4.74 Å². The molecule has 1 saturated carbocycles. The molecule has 20 heavy (non-hydrogen) atoms. The summed E-state index contributed by atoms with van der Waals surface area (Å²) in [6, 6.07) is 8.40. The molecular formula is C16H20BrNO2. The Balaban J connectivity index is 1.93. The highest BCUT2D eigenvalue weighted by Crippen LogP contribution is 2.42. The standard InChI is InChI=1S/C16H20BrNO2/c1-19-12-8-6-11(7-9-12)16-13-4-2-3-5-15(13)20-18-14(16)10-17/h6-9,13,15-16H,2-5,10H2,1H3/t13-,15+,16+/m1/s1. The Morgan fingerprint density at radius 3 is 2.70 bits per heavy atom. The van der Waals surface area contributed by atoms with Crippen molar-refractivity contribution in [3.05, 3.63) is 29.8 Å². The van der Waals surface area contributed by atoms with E-state index in [9.17, 15) is 0 Å². The highest BCUT2D eigenvalue weighted by Gasteiger charge is 2.39. The number of fused-ring (bicyclic) bond motifs is 1. The van der Waals surface area contributed by atoms with Gasteiger partial charge in [-0.15, -0.1) is 0 Å². The minimum absolute atomic E-state index is 0.290. The summed E-state index contributed by atoms with van der Waals surface area (Å²) in [5.41, 5.74) is 2.43. The maximum absolute atomic E-state index is 5.72. The lowest BCUT2D eigenvalue weighted by molar-refractivity contribution is -0.0245. The van der Waals surface area contributed by atoms with Crippen molar-refractivity contribution >= 4 is 21.6 Å². The summed E-state index contributed by atoms with van der Waals surface area (Å²) in [5, 5.41) is 5.14. The molecule has 1 aliphatic heterocycles. The summed E-state index contributed by atoms with van der Waals surface area (Å²) < 4.78 is 5.25. The Labute approximate surface area is 128 Å². The van der Waals surface area contributed by atoms with Gasteiger partial charge in [-0.3, -0.25) is 0 Å². The summed E-state index contributed by atoms with van der Waals surface area (Å²) >= 11 is 3.56. The average Bonchev–Trinajstić information content (AvgIpc) is 2.54. The van der Waals surface area contributed by atoms with Crippen molar-refractivity contribution in [1.82, 2.24) is 0 Å². The summed E-state index contributed by atoms with van der Waals surface area (Å²) in [4.78, 5) is 5.72. The number of ether oxygens (including phenoxy) is 1. The zero-order valence-corrected chi connectivity index (χ0v) is 13.3. The second-order valence-electron chi connectivity index (χ2n) is 5.56. The molecule has 0 aromatic heterocycles. The Bertz CT molecular complexity index is 486. The average molecular weight is 338 g/mol. The summed E-state index contributed by atoms with van der Waals surface area (Å²) in [6.07, 6.45) is 5.21. The van der Waals surface area contributed by atoms with E-state index in [0.29, 0.717) is 17.9 Å². The van der Waals surface area contributed by atoms with Crippen molar-refractivity contribution in [3.8, 4) is 5.75 Å². The molecule has 1 fully saturated rings. The monoisotopic (exact) mass is 337 g/mol. The first-order chi connectivity index (χ1) is 9.83. The van der Waals surface area contributed by atoms with Gasteiger partial charge in [0.1, 0.15) is 11.9 Å². The Kier molecular flexibility index (Phi) is 4.29. The minimum Gasteiger partial charge on any atom is -0.497 e. The van der Waals surface area contributed by atoms with E-state index in [1.165, 1.54) is 24.8 Å². The Morgan fingerprint density at radius 2 is 2.00 bits per heavy atom. The lowest BCUT2D eigenvalue weighted by Crippen LogP contribution is -2.39. The largest absolute Gasteiger partial charge is 0.497 e. The van der Waals surface area contributed by atoms with Crippen LogP contribution in [0.15, 0.2) is 29.4 Å². The van der Waals surface area contributed by atoms with Crippen LogP contribution in [0.3, 0.4) is 0 Å². The molecule has 3 nitrogen and oxygen atoms in total. The second kappa shape index (κ2) is 6.17. The van der Waals surface area contributed by atoms with Gasteiger partial charge in [0.05, 0.1) is 12.8 Å². The first-order valence-electron chi connectivity index (χ1n) is 7.26. The molecule has 4 heteroatoms. The van der Waals surface area contributed by atoms with E-state index in [-0.39, 0.29) is 0 Å². The van der Waals surface area contributed by atoms with Crippen molar-refractivity contribution in [2.75, 3.05) is 12.4 Å². The maximum Gasteiger partial charge on any atom is 0.131 e. The van der Waals surface area contributed by atoms with E-state index < -0.39 is 0 Å². The van der Waals surface area contributed by atoms with Crippen LogP contribution in [0.25, 0.3) is 0 Å². The predicted octanol–water partition coefficient (Wildman–Crippen LogP) is 4.12. The van der Waals surface area contributed by atoms with Crippen molar-refractivity contribution in [3.63, 3.8) is 0 Å². The number of benzene rings is 1. The van der Waals surface area contributed by atoms with Crippen LogP contribution in [0, 0.1) is 5.92 Å². The molecule has 108 valence electrons. The van der Waals surface area contributed by atoms with Gasteiger partial charge >= 0.3 is 0 Å². The van der Waals surface area contributed by atoms with Crippen LogP contribution in [0.1, 0.15) is 37.2 Å². The SMILES string of the molecule is COc1ccc([C@@H]2C(CBr)=NO[C@H]3CCCC[C@H]32)cc1. The van der Waals surface area contributed by atoms with Crippen molar-refractivity contribution in [2.24, 2.45) is 11.1 Å². The van der Waals surface area contributed by atoms with Crippen LogP contribution in [0.2, 0.25) is 0 Å².